The Bertz CT molecular complexity index is 1090. The molecule has 0 fully saturated rings. The highest BCUT2D eigenvalue weighted by molar-refractivity contribution is 14.0. The molecule has 31 heavy (non-hydrogen) atoms. The molecule has 9 heteroatoms. The summed E-state index contributed by atoms with van der Waals surface area (Å²) in [5.41, 5.74) is 2.20. The maximum Gasteiger partial charge on any atom is 0.240 e. The zero-order valence-electron chi connectivity index (χ0n) is 17.8. The lowest BCUT2D eigenvalue weighted by molar-refractivity contribution is 0.588. The number of hydrogen-bond donors (Lipinski definition) is 3. The Balaban J connectivity index is 0.00000341. The highest BCUT2D eigenvalue weighted by atomic mass is 127. The maximum atomic E-state index is 11.8. The largest absolute Gasteiger partial charge is 0.357 e. The molecule has 0 saturated heterocycles. The van der Waals surface area contributed by atoms with Gasteiger partial charge in [0, 0.05) is 31.3 Å². The van der Waals surface area contributed by atoms with E-state index in [1.165, 1.54) is 18.0 Å². The lowest BCUT2D eigenvalue weighted by atomic mass is 10.2. The van der Waals surface area contributed by atoms with E-state index in [4.69, 9.17) is 0 Å². The van der Waals surface area contributed by atoms with Gasteiger partial charge in [0.15, 0.2) is 5.96 Å². The summed E-state index contributed by atoms with van der Waals surface area (Å²) in [6, 6.07) is 17.3. The molecular weight excluding hydrogens is 525 g/mol. The zero-order valence-corrected chi connectivity index (χ0v) is 21.0. The molecule has 7 nitrogen and oxygen atoms in total. The summed E-state index contributed by atoms with van der Waals surface area (Å²) >= 11 is 0. The van der Waals surface area contributed by atoms with E-state index in [1.807, 2.05) is 6.92 Å². The molecule has 2 aromatic carbocycles. The van der Waals surface area contributed by atoms with Crippen molar-refractivity contribution in [3.63, 3.8) is 0 Å². The van der Waals surface area contributed by atoms with Crippen molar-refractivity contribution in [2.45, 2.75) is 31.3 Å². The van der Waals surface area contributed by atoms with Gasteiger partial charge in [-0.2, -0.15) is 0 Å². The molecule has 0 unspecified atom stereocenters. The molecule has 0 saturated carbocycles. The van der Waals surface area contributed by atoms with E-state index in [9.17, 15) is 8.42 Å². The van der Waals surface area contributed by atoms with Crippen LogP contribution in [-0.4, -0.2) is 39.1 Å². The molecule has 168 valence electrons. The van der Waals surface area contributed by atoms with Crippen molar-refractivity contribution < 1.29 is 8.42 Å². The second-order valence-corrected chi connectivity index (χ2v) is 8.78. The fourth-order valence-electron chi connectivity index (χ4n) is 3.20. The standard InChI is InChI=1S/C22H29N5O2S.HI/c1-3-24-22(26-17-18-9-11-20(12-10-18)30(28,29)23-2)25-14-6-15-27-16-13-19-7-4-5-8-21(19)27;/h4-5,7-13,16,23H,3,6,14-15,17H2,1-2H3,(H2,24,25,26);1H. The Morgan fingerprint density at radius 3 is 2.48 bits per heavy atom. The van der Waals surface area contributed by atoms with Gasteiger partial charge in [-0.3, -0.25) is 0 Å². The molecule has 0 bridgehead atoms. The summed E-state index contributed by atoms with van der Waals surface area (Å²) in [5.74, 6) is 0.752. The third-order valence-corrected chi connectivity index (χ3v) is 6.25. The van der Waals surface area contributed by atoms with Crippen LogP contribution in [0.3, 0.4) is 0 Å². The van der Waals surface area contributed by atoms with Crippen LogP contribution in [0.25, 0.3) is 10.9 Å². The molecule has 1 heterocycles. The molecule has 0 atom stereocenters. The lowest BCUT2D eigenvalue weighted by Gasteiger charge is -2.12. The second-order valence-electron chi connectivity index (χ2n) is 6.89. The number of para-hydroxylation sites is 1. The van der Waals surface area contributed by atoms with E-state index in [0.717, 1.165) is 37.6 Å². The lowest BCUT2D eigenvalue weighted by Crippen LogP contribution is -2.38. The molecule has 3 aromatic rings. The average Bonchev–Trinajstić information content (AvgIpc) is 3.18. The molecule has 3 rings (SSSR count). The number of halogens is 1. The molecule has 0 amide bonds. The molecule has 0 aliphatic carbocycles. The summed E-state index contributed by atoms with van der Waals surface area (Å²) in [6.45, 7) is 5.00. The predicted molar refractivity (Wildman–Crippen MR) is 137 cm³/mol. The van der Waals surface area contributed by atoms with Crippen molar-refractivity contribution in [2.75, 3.05) is 20.1 Å². The third-order valence-electron chi connectivity index (χ3n) is 4.81. The minimum atomic E-state index is -3.41. The molecule has 0 aliphatic heterocycles. The van der Waals surface area contributed by atoms with Crippen LogP contribution in [0.5, 0.6) is 0 Å². The topological polar surface area (TPSA) is 87.5 Å². The van der Waals surface area contributed by atoms with Gasteiger partial charge in [0.1, 0.15) is 0 Å². The monoisotopic (exact) mass is 555 g/mol. The van der Waals surface area contributed by atoms with Gasteiger partial charge < -0.3 is 15.2 Å². The summed E-state index contributed by atoms with van der Waals surface area (Å²) in [4.78, 5) is 4.85. The smallest absolute Gasteiger partial charge is 0.240 e. The summed E-state index contributed by atoms with van der Waals surface area (Å²) < 4.78 is 28.2. The van der Waals surface area contributed by atoms with Crippen molar-refractivity contribution in [3.05, 3.63) is 66.4 Å². The number of rotatable bonds is 9. The van der Waals surface area contributed by atoms with Crippen LogP contribution < -0.4 is 15.4 Å². The minimum absolute atomic E-state index is 0. The minimum Gasteiger partial charge on any atom is -0.357 e. The van der Waals surface area contributed by atoms with Crippen LogP contribution in [-0.2, 0) is 23.1 Å². The molecule has 0 spiro atoms. The number of aliphatic imine (C=N–C) groups is 1. The van der Waals surface area contributed by atoms with Gasteiger partial charge in [0.2, 0.25) is 10.0 Å². The first-order valence-electron chi connectivity index (χ1n) is 10.1. The zero-order chi connectivity index (χ0) is 21.4. The van der Waals surface area contributed by atoms with Crippen molar-refractivity contribution >= 4 is 50.9 Å². The van der Waals surface area contributed by atoms with Crippen LogP contribution >= 0.6 is 24.0 Å². The van der Waals surface area contributed by atoms with E-state index >= 15 is 0 Å². The Morgan fingerprint density at radius 2 is 1.77 bits per heavy atom. The number of aromatic nitrogens is 1. The van der Waals surface area contributed by atoms with Gasteiger partial charge in [-0.05, 0) is 55.6 Å². The number of nitrogens with zero attached hydrogens (tertiary/aromatic N) is 2. The fraction of sp³-hybridized carbons (Fsp3) is 0.318. The maximum absolute atomic E-state index is 11.8. The first kappa shape index (κ1) is 25.2. The highest BCUT2D eigenvalue weighted by Crippen LogP contribution is 2.15. The SMILES string of the molecule is CCNC(=NCc1ccc(S(=O)(=O)NC)cc1)NCCCn1ccc2ccccc21.I. The summed E-state index contributed by atoms with van der Waals surface area (Å²) in [7, 11) is -2.01. The molecule has 0 radical (unpaired) electrons. The van der Waals surface area contributed by atoms with Crippen molar-refractivity contribution in [2.24, 2.45) is 4.99 Å². The Morgan fingerprint density at radius 1 is 1.03 bits per heavy atom. The van der Waals surface area contributed by atoms with E-state index in [-0.39, 0.29) is 28.9 Å². The van der Waals surface area contributed by atoms with Gasteiger partial charge in [-0.15, -0.1) is 24.0 Å². The van der Waals surface area contributed by atoms with Crippen LogP contribution in [0.2, 0.25) is 0 Å². The van der Waals surface area contributed by atoms with Gasteiger partial charge in [-0.25, -0.2) is 18.1 Å². The summed E-state index contributed by atoms with van der Waals surface area (Å²) in [5, 5.41) is 7.87. The van der Waals surface area contributed by atoms with Crippen molar-refractivity contribution in [1.29, 1.82) is 0 Å². The molecular formula is C22H30IN5O2S. The first-order chi connectivity index (χ1) is 14.5. The quantitative estimate of drug-likeness (QED) is 0.164. The van der Waals surface area contributed by atoms with Crippen LogP contribution in [0, 0.1) is 0 Å². The molecule has 1 aromatic heterocycles. The van der Waals surface area contributed by atoms with E-state index in [0.29, 0.717) is 6.54 Å². The Labute approximate surface area is 201 Å². The number of fused-ring (bicyclic) bond motifs is 1. The fourth-order valence-corrected chi connectivity index (χ4v) is 3.93. The number of hydrogen-bond acceptors (Lipinski definition) is 3. The predicted octanol–water partition coefficient (Wildman–Crippen LogP) is 3.31. The van der Waals surface area contributed by atoms with Crippen LogP contribution in [0.1, 0.15) is 18.9 Å². The van der Waals surface area contributed by atoms with E-state index < -0.39 is 10.0 Å². The van der Waals surface area contributed by atoms with Gasteiger partial charge >= 0.3 is 0 Å². The number of aryl methyl sites for hydroxylation is 1. The van der Waals surface area contributed by atoms with E-state index in [1.54, 1.807) is 24.3 Å². The van der Waals surface area contributed by atoms with Gasteiger partial charge in [0.05, 0.1) is 11.4 Å². The van der Waals surface area contributed by atoms with Crippen molar-refractivity contribution in [3.8, 4) is 0 Å². The van der Waals surface area contributed by atoms with Crippen LogP contribution in [0.4, 0.5) is 0 Å². The number of benzene rings is 2. The Kier molecular flexibility index (Phi) is 9.79. The van der Waals surface area contributed by atoms with Gasteiger partial charge in [0.25, 0.3) is 0 Å². The molecule has 3 N–H and O–H groups in total. The molecule has 0 aliphatic rings. The van der Waals surface area contributed by atoms with Crippen LogP contribution in [0.15, 0.2) is 70.7 Å². The average molecular weight is 555 g/mol. The van der Waals surface area contributed by atoms with Gasteiger partial charge in [-0.1, -0.05) is 30.3 Å². The normalized spacial score (nSPS) is 11.9. The highest BCUT2D eigenvalue weighted by Gasteiger charge is 2.10. The Hall–Kier alpha value is -2.11. The number of guanidine groups is 1. The summed E-state index contributed by atoms with van der Waals surface area (Å²) in [6.07, 6.45) is 3.10. The first-order valence-corrected chi connectivity index (χ1v) is 11.6. The number of nitrogens with one attached hydrogen (secondary N) is 3. The third kappa shape index (κ3) is 6.94. The van der Waals surface area contributed by atoms with E-state index in [2.05, 4.69) is 61.4 Å². The second kappa shape index (κ2) is 12.1. The number of sulfonamides is 1. The van der Waals surface area contributed by atoms with Crippen molar-refractivity contribution in [1.82, 2.24) is 19.9 Å².